The first-order chi connectivity index (χ1) is 9.56. The van der Waals surface area contributed by atoms with Gasteiger partial charge in [0, 0.05) is 10.6 Å². The van der Waals surface area contributed by atoms with E-state index in [1.54, 1.807) is 31.2 Å². The minimum atomic E-state index is -0.986. The lowest BCUT2D eigenvalue weighted by molar-refractivity contribution is 0.0977. The summed E-state index contributed by atoms with van der Waals surface area (Å²) in [7, 11) is 1.48. The number of Topliss-reactive ketones (excluding diaryl/α,β-unsaturated/α-hetero) is 1. The summed E-state index contributed by atoms with van der Waals surface area (Å²) in [6.07, 6.45) is 1.35. The zero-order valence-corrected chi connectivity index (χ0v) is 11.8. The van der Waals surface area contributed by atoms with Gasteiger partial charge in [-0.1, -0.05) is 11.6 Å². The molecule has 2 aromatic rings. The first kappa shape index (κ1) is 14.2. The molecule has 0 spiro atoms. The van der Waals surface area contributed by atoms with E-state index in [4.69, 9.17) is 20.8 Å². The van der Waals surface area contributed by atoms with Gasteiger partial charge in [-0.2, -0.15) is 5.26 Å². The van der Waals surface area contributed by atoms with Crippen molar-refractivity contribution in [2.45, 2.75) is 12.8 Å². The van der Waals surface area contributed by atoms with Crippen molar-refractivity contribution in [1.29, 1.82) is 5.26 Å². The molecule has 0 saturated carbocycles. The summed E-state index contributed by atoms with van der Waals surface area (Å²) in [4.78, 5) is 12.4. The van der Waals surface area contributed by atoms with Gasteiger partial charge in [-0.05, 0) is 31.2 Å². The van der Waals surface area contributed by atoms with Crippen LogP contribution in [-0.2, 0) is 0 Å². The molecule has 0 aliphatic carbocycles. The Hall–Kier alpha value is -2.25. The fourth-order valence-electron chi connectivity index (χ4n) is 1.94. The molecule has 4 nitrogen and oxygen atoms in total. The number of halogens is 1. The van der Waals surface area contributed by atoms with Crippen molar-refractivity contribution in [3.8, 4) is 11.8 Å². The molecule has 2 rings (SSSR count). The van der Waals surface area contributed by atoms with Crippen LogP contribution < -0.4 is 4.74 Å². The molecule has 1 unspecified atom stereocenters. The highest BCUT2D eigenvalue weighted by molar-refractivity contribution is 6.30. The predicted molar refractivity (Wildman–Crippen MR) is 74.1 cm³/mol. The minimum absolute atomic E-state index is 0.343. The van der Waals surface area contributed by atoms with E-state index in [2.05, 4.69) is 0 Å². The van der Waals surface area contributed by atoms with E-state index >= 15 is 0 Å². The number of methoxy groups -OCH3 is 1. The van der Waals surface area contributed by atoms with Crippen molar-refractivity contribution < 1.29 is 13.9 Å². The smallest absolute Gasteiger partial charge is 0.187 e. The van der Waals surface area contributed by atoms with Gasteiger partial charge in [0.05, 0.1) is 18.7 Å². The molecule has 0 aliphatic heterocycles. The molecular formula is C15H12ClNO3. The highest BCUT2D eigenvalue weighted by Gasteiger charge is 2.26. The number of nitrogens with zero attached hydrogens (tertiary/aromatic N) is 1. The summed E-state index contributed by atoms with van der Waals surface area (Å²) in [5.74, 6) is -0.261. The van der Waals surface area contributed by atoms with Crippen LogP contribution in [0, 0.1) is 18.3 Å². The van der Waals surface area contributed by atoms with Crippen molar-refractivity contribution >= 4 is 17.4 Å². The van der Waals surface area contributed by atoms with Crippen LogP contribution in [0.15, 0.2) is 34.9 Å². The number of carbonyl (C=O) groups is 1. The van der Waals surface area contributed by atoms with Crippen molar-refractivity contribution in [2.24, 2.45) is 0 Å². The Balaban J connectivity index is 2.45. The maximum absolute atomic E-state index is 12.4. The Morgan fingerprint density at radius 2 is 2.20 bits per heavy atom. The molecule has 0 amide bonds. The standard InChI is InChI=1S/C15H12ClNO3/c1-9-5-10(8-20-9)15(18)13(7-17)12-6-11(16)3-4-14(12)19-2/h3-6,8,13H,1-2H3. The van der Waals surface area contributed by atoms with Crippen LogP contribution in [0.2, 0.25) is 5.02 Å². The third kappa shape index (κ3) is 2.68. The van der Waals surface area contributed by atoms with E-state index in [0.29, 0.717) is 27.7 Å². The number of furan rings is 1. The molecule has 5 heteroatoms. The van der Waals surface area contributed by atoms with Crippen molar-refractivity contribution in [3.05, 3.63) is 52.4 Å². The van der Waals surface area contributed by atoms with E-state index in [9.17, 15) is 10.1 Å². The number of hydrogen-bond acceptors (Lipinski definition) is 4. The molecule has 1 aromatic heterocycles. The van der Waals surface area contributed by atoms with Gasteiger partial charge in [-0.3, -0.25) is 4.79 Å². The third-order valence-electron chi connectivity index (χ3n) is 2.91. The van der Waals surface area contributed by atoms with Crippen LogP contribution >= 0.6 is 11.6 Å². The van der Waals surface area contributed by atoms with Crippen LogP contribution in [0.5, 0.6) is 5.75 Å². The summed E-state index contributed by atoms with van der Waals surface area (Å²) < 4.78 is 10.3. The lowest BCUT2D eigenvalue weighted by Gasteiger charge is -2.12. The van der Waals surface area contributed by atoms with Gasteiger partial charge in [0.1, 0.15) is 23.7 Å². The van der Waals surface area contributed by atoms with Gasteiger partial charge in [-0.25, -0.2) is 0 Å². The van der Waals surface area contributed by atoms with Gasteiger partial charge in [0.25, 0.3) is 0 Å². The highest BCUT2D eigenvalue weighted by Crippen LogP contribution is 2.31. The first-order valence-electron chi connectivity index (χ1n) is 5.89. The molecule has 1 atom stereocenters. The summed E-state index contributed by atoms with van der Waals surface area (Å²) in [6, 6.07) is 8.45. The van der Waals surface area contributed by atoms with Crippen molar-refractivity contribution in [1.82, 2.24) is 0 Å². The topological polar surface area (TPSA) is 63.2 Å². The molecule has 0 radical (unpaired) electrons. The first-order valence-corrected chi connectivity index (χ1v) is 6.27. The second-order valence-electron chi connectivity index (χ2n) is 4.26. The van der Waals surface area contributed by atoms with E-state index in [1.807, 2.05) is 6.07 Å². The van der Waals surface area contributed by atoms with E-state index in [0.717, 1.165) is 0 Å². The van der Waals surface area contributed by atoms with E-state index in [-0.39, 0.29) is 5.78 Å². The van der Waals surface area contributed by atoms with Crippen LogP contribution in [0.25, 0.3) is 0 Å². The number of hydrogen-bond donors (Lipinski definition) is 0. The van der Waals surface area contributed by atoms with Crippen molar-refractivity contribution in [3.63, 3.8) is 0 Å². The Kier molecular flexibility index (Phi) is 4.11. The van der Waals surface area contributed by atoms with Gasteiger partial charge in [0.15, 0.2) is 5.78 Å². The molecule has 1 aromatic carbocycles. The Labute approximate surface area is 121 Å². The largest absolute Gasteiger partial charge is 0.496 e. The van der Waals surface area contributed by atoms with Crippen LogP contribution in [0.1, 0.15) is 27.6 Å². The van der Waals surface area contributed by atoms with Gasteiger partial charge >= 0.3 is 0 Å². The number of ketones is 1. The van der Waals surface area contributed by atoms with Crippen molar-refractivity contribution in [2.75, 3.05) is 7.11 Å². The van der Waals surface area contributed by atoms with Gasteiger partial charge in [0.2, 0.25) is 0 Å². The molecular weight excluding hydrogens is 278 g/mol. The molecule has 102 valence electrons. The third-order valence-corrected chi connectivity index (χ3v) is 3.14. The van der Waals surface area contributed by atoms with Crippen LogP contribution in [0.4, 0.5) is 0 Å². The molecule has 0 N–H and O–H groups in total. The average Bonchev–Trinajstić information content (AvgIpc) is 2.86. The number of ether oxygens (including phenoxy) is 1. The second-order valence-corrected chi connectivity index (χ2v) is 4.70. The van der Waals surface area contributed by atoms with Crippen LogP contribution in [-0.4, -0.2) is 12.9 Å². The lowest BCUT2D eigenvalue weighted by Crippen LogP contribution is -2.11. The zero-order chi connectivity index (χ0) is 14.7. The average molecular weight is 290 g/mol. The number of rotatable bonds is 4. The minimum Gasteiger partial charge on any atom is -0.496 e. The highest BCUT2D eigenvalue weighted by atomic mass is 35.5. The molecule has 0 fully saturated rings. The fraction of sp³-hybridized carbons (Fsp3) is 0.200. The summed E-state index contributed by atoms with van der Waals surface area (Å²) in [6.45, 7) is 1.73. The SMILES string of the molecule is COc1ccc(Cl)cc1C(C#N)C(=O)c1coc(C)c1. The molecule has 0 aliphatic rings. The zero-order valence-electron chi connectivity index (χ0n) is 11.0. The monoisotopic (exact) mass is 289 g/mol. The molecule has 1 heterocycles. The maximum Gasteiger partial charge on any atom is 0.187 e. The Bertz CT molecular complexity index is 685. The predicted octanol–water partition coefficient (Wildman–Crippen LogP) is 3.74. The number of aryl methyl sites for hydroxylation is 1. The number of carbonyl (C=O) groups excluding carboxylic acids is 1. The quantitative estimate of drug-likeness (QED) is 0.804. The van der Waals surface area contributed by atoms with Gasteiger partial charge in [-0.15, -0.1) is 0 Å². The maximum atomic E-state index is 12.4. The van der Waals surface area contributed by atoms with Crippen LogP contribution in [0.3, 0.4) is 0 Å². The van der Waals surface area contributed by atoms with E-state index < -0.39 is 5.92 Å². The summed E-state index contributed by atoms with van der Waals surface area (Å²) >= 11 is 5.93. The van der Waals surface area contributed by atoms with E-state index in [1.165, 1.54) is 13.4 Å². The number of nitriles is 1. The molecule has 0 bridgehead atoms. The lowest BCUT2D eigenvalue weighted by atomic mass is 9.92. The normalized spacial score (nSPS) is 11.7. The second kappa shape index (κ2) is 5.81. The number of benzene rings is 1. The summed E-state index contributed by atoms with van der Waals surface area (Å²) in [5.41, 5.74) is 0.808. The molecule has 0 saturated heterocycles. The Morgan fingerprint density at radius 3 is 2.75 bits per heavy atom. The Morgan fingerprint density at radius 1 is 1.45 bits per heavy atom. The van der Waals surface area contributed by atoms with Gasteiger partial charge < -0.3 is 9.15 Å². The fourth-order valence-corrected chi connectivity index (χ4v) is 2.12. The summed E-state index contributed by atoms with van der Waals surface area (Å²) in [5, 5.41) is 9.77. The molecule has 20 heavy (non-hydrogen) atoms.